The first-order valence-corrected chi connectivity index (χ1v) is 6.75. The third kappa shape index (κ3) is 3.20. The Labute approximate surface area is 93.7 Å². The summed E-state index contributed by atoms with van der Waals surface area (Å²) < 4.78 is 22.9. The number of rotatable bonds is 4. The quantitative estimate of drug-likeness (QED) is 0.629. The fraction of sp³-hybridized carbons (Fsp3) is 0.333. The van der Waals surface area contributed by atoms with E-state index in [2.05, 4.69) is 0 Å². The fourth-order valence-electron chi connectivity index (χ4n) is 1.07. The molecule has 0 unspecified atom stereocenters. The van der Waals surface area contributed by atoms with E-state index in [9.17, 15) is 8.42 Å². The van der Waals surface area contributed by atoms with Crippen molar-refractivity contribution in [3.63, 3.8) is 0 Å². The van der Waals surface area contributed by atoms with Crippen LogP contribution in [-0.2, 0) is 10.0 Å². The Bertz CT molecular complexity index is 429. The molecule has 6 heteroatoms. The van der Waals surface area contributed by atoms with Gasteiger partial charge in [-0.25, -0.2) is 8.42 Å². The van der Waals surface area contributed by atoms with Gasteiger partial charge >= 0.3 is 0 Å². The van der Waals surface area contributed by atoms with Crippen molar-refractivity contribution < 1.29 is 13.6 Å². The van der Waals surface area contributed by atoms with Crippen molar-refractivity contribution in [3.05, 3.63) is 24.3 Å². The van der Waals surface area contributed by atoms with E-state index in [0.29, 0.717) is 4.90 Å². The Morgan fingerprint density at radius 1 is 1.33 bits per heavy atom. The molecule has 15 heavy (non-hydrogen) atoms. The first kappa shape index (κ1) is 12.5. The van der Waals surface area contributed by atoms with E-state index in [1.807, 2.05) is 13.8 Å². The number of thioether (sulfide) groups is 1. The predicted molar refractivity (Wildman–Crippen MR) is 59.5 cm³/mol. The van der Waals surface area contributed by atoms with Crippen LogP contribution in [-0.4, -0.2) is 18.9 Å². The summed E-state index contributed by atoms with van der Waals surface area (Å²) in [4.78, 5) is 2.07. The van der Waals surface area contributed by atoms with Crippen LogP contribution in [0.15, 0.2) is 34.1 Å². The fourth-order valence-corrected chi connectivity index (χ4v) is 3.08. The van der Waals surface area contributed by atoms with Gasteiger partial charge in [-0.1, -0.05) is 30.9 Å². The zero-order chi connectivity index (χ0) is 11.5. The van der Waals surface area contributed by atoms with Crippen molar-refractivity contribution in [3.8, 4) is 0 Å². The summed E-state index contributed by atoms with van der Waals surface area (Å²) in [5.74, 6) is 0. The number of sulfonamides is 1. The van der Waals surface area contributed by atoms with Gasteiger partial charge in [0.2, 0.25) is 0 Å². The molecule has 1 aromatic carbocycles. The molecule has 0 aliphatic heterocycles. The Morgan fingerprint density at radius 3 is 2.47 bits per heavy atom. The molecule has 0 amide bonds. The van der Waals surface area contributed by atoms with Gasteiger partial charge in [0, 0.05) is 10.1 Å². The summed E-state index contributed by atoms with van der Waals surface area (Å²) in [5, 5.41) is 8.84. The van der Waals surface area contributed by atoms with E-state index in [-0.39, 0.29) is 10.1 Å². The summed E-state index contributed by atoms with van der Waals surface area (Å²) in [6.45, 7) is 3.95. The highest BCUT2D eigenvalue weighted by atomic mass is 32.2. The molecule has 0 spiro atoms. The summed E-state index contributed by atoms with van der Waals surface area (Å²) in [6.07, 6.45) is 0. The number of hydrogen-bond donors (Lipinski definition) is 2. The molecule has 84 valence electrons. The standard InChI is InChI=1S/C9H13NO3S2/c1-7(2)14-8-5-3-4-6-9(8)15(12,13)10-11/h3-7,10-11H,1-2H3. The maximum absolute atomic E-state index is 11.4. The third-order valence-corrected chi connectivity index (χ3v) is 4.01. The summed E-state index contributed by atoms with van der Waals surface area (Å²) in [7, 11) is -3.79. The smallest absolute Gasteiger partial charge is 0.263 e. The second-order valence-corrected chi connectivity index (χ2v) is 6.46. The first-order chi connectivity index (χ1) is 6.97. The zero-order valence-corrected chi connectivity index (χ0v) is 10.1. The lowest BCUT2D eigenvalue weighted by molar-refractivity contribution is 0.242. The maximum Gasteiger partial charge on any atom is 0.263 e. The van der Waals surface area contributed by atoms with Crippen molar-refractivity contribution in [2.45, 2.75) is 28.9 Å². The summed E-state index contributed by atoms with van der Waals surface area (Å²) >= 11 is 1.44. The Balaban J connectivity index is 3.18. The molecule has 0 aromatic heterocycles. The van der Waals surface area contributed by atoms with Crippen molar-refractivity contribution in [2.75, 3.05) is 0 Å². The highest BCUT2D eigenvalue weighted by Crippen LogP contribution is 2.29. The van der Waals surface area contributed by atoms with Gasteiger partial charge in [0.05, 0.1) is 4.90 Å². The normalized spacial score (nSPS) is 12.0. The Hall–Kier alpha value is -0.560. The molecule has 0 radical (unpaired) electrons. The van der Waals surface area contributed by atoms with Crippen LogP contribution in [0.5, 0.6) is 0 Å². The first-order valence-electron chi connectivity index (χ1n) is 4.39. The van der Waals surface area contributed by atoms with Gasteiger partial charge in [0.1, 0.15) is 0 Å². The zero-order valence-electron chi connectivity index (χ0n) is 8.47. The van der Waals surface area contributed by atoms with E-state index in [0.717, 1.165) is 0 Å². The minimum absolute atomic E-state index is 0.103. The molecule has 1 rings (SSSR count). The summed E-state index contributed by atoms with van der Waals surface area (Å²) in [6, 6.07) is 6.56. The molecule has 1 aromatic rings. The number of hydrogen-bond acceptors (Lipinski definition) is 4. The van der Waals surface area contributed by atoms with Gasteiger partial charge in [-0.3, -0.25) is 0 Å². The second kappa shape index (κ2) is 4.98. The van der Waals surface area contributed by atoms with Crippen molar-refractivity contribution in [1.82, 2.24) is 4.89 Å². The molecule has 4 nitrogen and oxygen atoms in total. The van der Waals surface area contributed by atoms with E-state index < -0.39 is 10.0 Å². The monoisotopic (exact) mass is 247 g/mol. The Kier molecular flexibility index (Phi) is 4.15. The molecular weight excluding hydrogens is 234 g/mol. The van der Waals surface area contributed by atoms with Crippen LogP contribution in [0, 0.1) is 0 Å². The molecule has 0 aliphatic carbocycles. The van der Waals surface area contributed by atoms with Gasteiger partial charge in [-0.05, 0) is 12.1 Å². The van der Waals surface area contributed by atoms with Crippen molar-refractivity contribution in [2.24, 2.45) is 0 Å². The largest absolute Gasteiger partial charge is 0.302 e. The SMILES string of the molecule is CC(C)Sc1ccccc1S(=O)(=O)NO. The average Bonchev–Trinajstić information content (AvgIpc) is 2.17. The van der Waals surface area contributed by atoms with E-state index >= 15 is 0 Å². The maximum atomic E-state index is 11.4. The van der Waals surface area contributed by atoms with E-state index in [1.54, 1.807) is 18.2 Å². The molecule has 0 fully saturated rings. The van der Waals surface area contributed by atoms with E-state index in [4.69, 9.17) is 5.21 Å². The van der Waals surface area contributed by atoms with Gasteiger partial charge < -0.3 is 5.21 Å². The number of benzene rings is 1. The van der Waals surface area contributed by atoms with Crippen LogP contribution < -0.4 is 4.89 Å². The van der Waals surface area contributed by atoms with Crippen LogP contribution in [0.1, 0.15) is 13.8 Å². The van der Waals surface area contributed by atoms with Crippen molar-refractivity contribution in [1.29, 1.82) is 0 Å². The molecule has 0 saturated carbocycles. The lowest BCUT2D eigenvalue weighted by Gasteiger charge is -2.10. The Morgan fingerprint density at radius 2 is 1.93 bits per heavy atom. The molecule has 2 N–H and O–H groups in total. The van der Waals surface area contributed by atoms with Crippen LogP contribution in [0.4, 0.5) is 0 Å². The van der Waals surface area contributed by atoms with Crippen molar-refractivity contribution >= 4 is 21.8 Å². The predicted octanol–water partition coefficient (Wildman–Crippen LogP) is 1.85. The molecular formula is C9H13NO3S2. The minimum Gasteiger partial charge on any atom is -0.302 e. The summed E-state index contributed by atoms with van der Waals surface area (Å²) in [5.41, 5.74) is 0. The minimum atomic E-state index is -3.79. The van der Waals surface area contributed by atoms with Crippen LogP contribution in [0.2, 0.25) is 0 Å². The van der Waals surface area contributed by atoms with Gasteiger partial charge in [-0.15, -0.1) is 11.8 Å². The molecule has 0 atom stereocenters. The lowest BCUT2D eigenvalue weighted by Crippen LogP contribution is -2.20. The van der Waals surface area contributed by atoms with Gasteiger partial charge in [0.15, 0.2) is 0 Å². The van der Waals surface area contributed by atoms with Crippen LogP contribution in [0.25, 0.3) is 0 Å². The highest BCUT2D eigenvalue weighted by Gasteiger charge is 2.17. The molecule has 0 saturated heterocycles. The lowest BCUT2D eigenvalue weighted by atomic mass is 10.4. The average molecular weight is 247 g/mol. The second-order valence-electron chi connectivity index (χ2n) is 3.21. The van der Waals surface area contributed by atoms with E-state index in [1.165, 1.54) is 22.7 Å². The van der Waals surface area contributed by atoms with Gasteiger partial charge in [0.25, 0.3) is 10.0 Å². The highest BCUT2D eigenvalue weighted by molar-refractivity contribution is 8.00. The molecule has 0 aliphatic rings. The van der Waals surface area contributed by atoms with Gasteiger partial charge in [-0.2, -0.15) is 0 Å². The van der Waals surface area contributed by atoms with Crippen LogP contribution in [0.3, 0.4) is 0 Å². The third-order valence-electron chi connectivity index (χ3n) is 1.62. The molecule has 0 heterocycles. The number of nitrogens with one attached hydrogen (secondary N) is 1. The van der Waals surface area contributed by atoms with Crippen LogP contribution >= 0.6 is 11.8 Å². The molecule has 0 bridgehead atoms. The topological polar surface area (TPSA) is 66.4 Å².